The molecule has 24 heavy (non-hydrogen) atoms. The second kappa shape index (κ2) is 5.52. The number of carbonyl (C=O) groups excluding carboxylic acids is 1. The SMILES string of the molecule is COC(=O)c1cn(-c2cccc(C(F)(F)F)c2)cc2c(=O)[nH]nc1-2. The molecule has 1 N–H and O–H groups in total. The lowest BCUT2D eigenvalue weighted by molar-refractivity contribution is -0.137. The van der Waals surface area contributed by atoms with Crippen LogP contribution in [-0.2, 0) is 10.9 Å². The summed E-state index contributed by atoms with van der Waals surface area (Å²) in [6, 6.07) is 4.51. The van der Waals surface area contributed by atoms with Gasteiger partial charge >= 0.3 is 12.1 Å². The van der Waals surface area contributed by atoms with E-state index in [1.54, 1.807) is 0 Å². The van der Waals surface area contributed by atoms with Gasteiger partial charge in [0, 0.05) is 18.1 Å². The van der Waals surface area contributed by atoms with Crippen LogP contribution in [0.15, 0.2) is 41.5 Å². The molecule has 0 bridgehead atoms. The number of pyridine rings is 1. The number of hydrogen-bond donors (Lipinski definition) is 1. The maximum Gasteiger partial charge on any atom is 0.416 e. The Balaban J connectivity index is 2.24. The van der Waals surface area contributed by atoms with Crippen molar-refractivity contribution in [1.29, 1.82) is 0 Å². The molecule has 0 saturated heterocycles. The van der Waals surface area contributed by atoms with Crippen LogP contribution in [0.4, 0.5) is 13.2 Å². The van der Waals surface area contributed by atoms with E-state index >= 15 is 0 Å². The van der Waals surface area contributed by atoms with Gasteiger partial charge in [0.2, 0.25) is 0 Å². The standard InChI is InChI=1S/C15H10F3N3O3/c1-24-14(23)11-7-21(6-10-12(11)19-20-13(10)22)9-4-2-3-8(5-9)15(16,17)18/h2-7H,1H3,(H,20,22). The van der Waals surface area contributed by atoms with Gasteiger partial charge in [-0.3, -0.25) is 4.79 Å². The monoisotopic (exact) mass is 337 g/mol. The number of carbonyl (C=O) groups is 1. The number of esters is 1. The second-order valence-corrected chi connectivity index (χ2v) is 4.93. The Hall–Kier alpha value is -3.10. The second-order valence-electron chi connectivity index (χ2n) is 4.93. The van der Waals surface area contributed by atoms with Crippen molar-refractivity contribution in [1.82, 2.24) is 14.8 Å². The lowest BCUT2D eigenvalue weighted by Crippen LogP contribution is -2.12. The van der Waals surface area contributed by atoms with Gasteiger partial charge in [0.15, 0.2) is 0 Å². The third-order valence-electron chi connectivity index (χ3n) is 3.44. The molecule has 2 aliphatic rings. The van der Waals surface area contributed by atoms with E-state index in [-0.39, 0.29) is 22.5 Å². The highest BCUT2D eigenvalue weighted by atomic mass is 19.4. The molecule has 0 amide bonds. The van der Waals surface area contributed by atoms with E-state index in [0.29, 0.717) is 0 Å². The Morgan fingerprint density at radius 3 is 2.71 bits per heavy atom. The first kappa shape index (κ1) is 15.8. The molecule has 3 rings (SSSR count). The first-order chi connectivity index (χ1) is 11.3. The quantitative estimate of drug-likeness (QED) is 0.729. The highest BCUT2D eigenvalue weighted by Gasteiger charge is 2.30. The Kier molecular flexibility index (Phi) is 3.63. The fourth-order valence-electron chi connectivity index (χ4n) is 2.29. The normalized spacial score (nSPS) is 11.7. The van der Waals surface area contributed by atoms with E-state index in [9.17, 15) is 22.8 Å². The van der Waals surface area contributed by atoms with Crippen molar-refractivity contribution in [3.63, 3.8) is 0 Å². The number of halogens is 3. The summed E-state index contributed by atoms with van der Waals surface area (Å²) in [4.78, 5) is 23.7. The molecule has 0 aromatic heterocycles. The molecule has 0 radical (unpaired) electrons. The van der Waals surface area contributed by atoms with Crippen molar-refractivity contribution in [3.8, 4) is 16.9 Å². The molecule has 1 aromatic carbocycles. The Morgan fingerprint density at radius 1 is 1.29 bits per heavy atom. The average molecular weight is 337 g/mol. The number of H-pyrrole nitrogens is 1. The van der Waals surface area contributed by atoms with Crippen molar-refractivity contribution in [2.45, 2.75) is 6.18 Å². The minimum Gasteiger partial charge on any atom is -0.465 e. The number of ether oxygens (including phenoxy) is 1. The smallest absolute Gasteiger partial charge is 0.416 e. The summed E-state index contributed by atoms with van der Waals surface area (Å²) < 4.78 is 44.5. The van der Waals surface area contributed by atoms with Gasteiger partial charge in [0.25, 0.3) is 5.56 Å². The molecule has 0 spiro atoms. The summed E-state index contributed by atoms with van der Waals surface area (Å²) in [5, 5.41) is 5.95. The highest BCUT2D eigenvalue weighted by Crippen LogP contribution is 2.31. The largest absolute Gasteiger partial charge is 0.465 e. The van der Waals surface area contributed by atoms with Gasteiger partial charge in [-0.1, -0.05) is 6.07 Å². The molecule has 0 fully saturated rings. The zero-order chi connectivity index (χ0) is 17.5. The number of nitrogens with one attached hydrogen (secondary N) is 1. The molecular weight excluding hydrogens is 327 g/mol. The predicted molar refractivity (Wildman–Crippen MR) is 77.1 cm³/mol. The van der Waals surface area contributed by atoms with Gasteiger partial charge in [-0.2, -0.15) is 18.3 Å². The summed E-state index contributed by atoms with van der Waals surface area (Å²) in [7, 11) is 1.15. The number of benzene rings is 1. The molecule has 0 saturated carbocycles. The maximum absolute atomic E-state index is 12.9. The Morgan fingerprint density at radius 2 is 2.04 bits per heavy atom. The fourth-order valence-corrected chi connectivity index (χ4v) is 2.29. The van der Waals surface area contributed by atoms with Crippen molar-refractivity contribution in [2.24, 2.45) is 0 Å². The van der Waals surface area contributed by atoms with Gasteiger partial charge in [0.1, 0.15) is 11.3 Å². The summed E-state index contributed by atoms with van der Waals surface area (Å²) >= 11 is 0. The average Bonchev–Trinajstić information content (AvgIpc) is 2.94. The van der Waals surface area contributed by atoms with Crippen LogP contribution in [0.25, 0.3) is 16.9 Å². The molecule has 2 heterocycles. The number of methoxy groups -OCH3 is 1. The van der Waals surface area contributed by atoms with Crippen LogP contribution in [0.3, 0.4) is 0 Å². The van der Waals surface area contributed by atoms with Crippen molar-refractivity contribution >= 4 is 5.97 Å². The van der Waals surface area contributed by atoms with Crippen LogP contribution >= 0.6 is 0 Å². The van der Waals surface area contributed by atoms with Gasteiger partial charge in [-0.05, 0) is 18.2 Å². The van der Waals surface area contributed by atoms with Gasteiger partial charge in [-0.15, -0.1) is 0 Å². The Labute approximate surface area is 132 Å². The Bertz CT molecular complexity index is 943. The van der Waals surface area contributed by atoms with Crippen LogP contribution in [0.2, 0.25) is 0 Å². The van der Waals surface area contributed by atoms with Crippen molar-refractivity contribution < 1.29 is 22.7 Å². The van der Waals surface area contributed by atoms with E-state index in [2.05, 4.69) is 14.9 Å². The number of alkyl halides is 3. The molecular formula is C15H10F3N3O3. The molecule has 0 unspecified atom stereocenters. The summed E-state index contributed by atoms with van der Waals surface area (Å²) in [5.74, 6) is -0.757. The third-order valence-corrected chi connectivity index (χ3v) is 3.44. The minimum absolute atomic E-state index is 0.0363. The maximum atomic E-state index is 12.9. The fraction of sp³-hybridized carbons (Fsp3) is 0.133. The van der Waals surface area contributed by atoms with E-state index in [1.165, 1.54) is 29.1 Å². The van der Waals surface area contributed by atoms with Gasteiger partial charge in [-0.25, -0.2) is 9.89 Å². The molecule has 0 atom stereocenters. The molecule has 2 aliphatic heterocycles. The van der Waals surface area contributed by atoms with E-state index in [0.717, 1.165) is 19.2 Å². The van der Waals surface area contributed by atoms with Crippen LogP contribution in [0.1, 0.15) is 15.9 Å². The first-order valence-corrected chi connectivity index (χ1v) is 6.67. The summed E-state index contributed by atoms with van der Waals surface area (Å²) in [6.07, 6.45) is -1.93. The number of aromatic nitrogens is 3. The molecule has 124 valence electrons. The summed E-state index contributed by atoms with van der Waals surface area (Å²) in [6.45, 7) is 0. The van der Waals surface area contributed by atoms with Gasteiger partial charge < -0.3 is 9.30 Å². The number of rotatable bonds is 2. The lowest BCUT2D eigenvalue weighted by atomic mass is 10.1. The van der Waals surface area contributed by atoms with Crippen LogP contribution in [0.5, 0.6) is 0 Å². The zero-order valence-corrected chi connectivity index (χ0v) is 12.2. The van der Waals surface area contributed by atoms with Crippen molar-refractivity contribution in [2.75, 3.05) is 7.11 Å². The number of nitrogens with zero attached hydrogens (tertiary/aromatic N) is 2. The highest BCUT2D eigenvalue weighted by molar-refractivity contribution is 5.96. The lowest BCUT2D eigenvalue weighted by Gasteiger charge is -2.13. The molecule has 9 heteroatoms. The van der Waals surface area contributed by atoms with E-state index in [4.69, 9.17) is 0 Å². The summed E-state index contributed by atoms with van der Waals surface area (Å²) in [5.41, 5.74) is -1.15. The third kappa shape index (κ3) is 2.64. The van der Waals surface area contributed by atoms with Crippen LogP contribution < -0.4 is 5.56 Å². The minimum atomic E-state index is -4.51. The molecule has 6 nitrogen and oxygen atoms in total. The first-order valence-electron chi connectivity index (χ1n) is 6.67. The van der Waals surface area contributed by atoms with Gasteiger partial charge in [0.05, 0.1) is 18.2 Å². The van der Waals surface area contributed by atoms with E-state index in [1.807, 2.05) is 0 Å². The molecule has 0 aliphatic carbocycles. The van der Waals surface area contributed by atoms with Crippen LogP contribution in [-0.4, -0.2) is 27.8 Å². The number of aromatic amines is 1. The van der Waals surface area contributed by atoms with E-state index < -0.39 is 23.3 Å². The number of hydrogen-bond acceptors (Lipinski definition) is 4. The number of fused-ring (bicyclic) bond motifs is 1. The zero-order valence-electron chi connectivity index (χ0n) is 12.2. The predicted octanol–water partition coefficient (Wildman–Crippen LogP) is 2.47. The van der Waals surface area contributed by atoms with Crippen molar-refractivity contribution in [3.05, 3.63) is 58.1 Å². The molecule has 1 aromatic rings. The topological polar surface area (TPSA) is 77.0 Å². The van der Waals surface area contributed by atoms with Crippen LogP contribution in [0, 0.1) is 0 Å².